The molecule has 1 aromatic heterocycles. The summed E-state index contributed by atoms with van der Waals surface area (Å²) in [4.78, 5) is 4.52. The molecule has 0 unspecified atom stereocenters. The number of aryl methyl sites for hydroxylation is 1. The third-order valence-corrected chi connectivity index (χ3v) is 4.70. The van der Waals surface area contributed by atoms with Crippen LogP contribution in [0.2, 0.25) is 0 Å². The Morgan fingerprint density at radius 3 is 2.37 bits per heavy atom. The average molecular weight is 409 g/mol. The second-order valence-corrected chi connectivity index (χ2v) is 6.88. The Morgan fingerprint density at radius 2 is 1.67 bits per heavy atom. The number of alkyl halides is 3. The molecule has 0 bridgehead atoms. The summed E-state index contributed by atoms with van der Waals surface area (Å²) in [6.45, 7) is 1.94. The van der Waals surface area contributed by atoms with Gasteiger partial charge in [-0.15, -0.1) is 0 Å². The van der Waals surface area contributed by atoms with Crippen LogP contribution in [0.1, 0.15) is 11.1 Å². The molecule has 0 aliphatic carbocycles. The van der Waals surface area contributed by atoms with Gasteiger partial charge in [-0.3, -0.25) is 0 Å². The summed E-state index contributed by atoms with van der Waals surface area (Å²) >= 11 is 0. The molecule has 3 aromatic carbocycles. The van der Waals surface area contributed by atoms with Crippen LogP contribution < -0.4 is 10.1 Å². The largest absolute Gasteiger partial charge is 0.497 e. The number of hydrogen-bond acceptors (Lipinski definition) is 3. The van der Waals surface area contributed by atoms with E-state index >= 15 is 0 Å². The first-order chi connectivity index (χ1) is 14.3. The quantitative estimate of drug-likeness (QED) is 0.379. The zero-order chi connectivity index (χ0) is 21.3. The van der Waals surface area contributed by atoms with Crippen LogP contribution in [0.3, 0.4) is 0 Å². The molecule has 0 atom stereocenters. The van der Waals surface area contributed by atoms with Crippen LogP contribution in [0.5, 0.6) is 5.75 Å². The Morgan fingerprint density at radius 1 is 0.900 bits per heavy atom. The van der Waals surface area contributed by atoms with Gasteiger partial charge in [0.15, 0.2) is 0 Å². The van der Waals surface area contributed by atoms with Gasteiger partial charge in [-0.2, -0.15) is 13.2 Å². The summed E-state index contributed by atoms with van der Waals surface area (Å²) in [6.07, 6.45) is -4.43. The third kappa shape index (κ3) is 4.08. The zero-order valence-electron chi connectivity index (χ0n) is 16.3. The van der Waals surface area contributed by atoms with Gasteiger partial charge in [0.05, 0.1) is 23.7 Å². The summed E-state index contributed by atoms with van der Waals surface area (Å²) in [5.74, 6) is 1.27. The second-order valence-electron chi connectivity index (χ2n) is 6.88. The summed E-state index contributed by atoms with van der Waals surface area (Å²) in [5.41, 5.74) is 1.88. The van der Waals surface area contributed by atoms with Crippen molar-refractivity contribution >= 4 is 16.7 Å². The predicted molar refractivity (Wildman–Crippen MR) is 110 cm³/mol. The van der Waals surface area contributed by atoms with Crippen molar-refractivity contribution in [2.75, 3.05) is 7.11 Å². The Bertz CT molecular complexity index is 1270. The van der Waals surface area contributed by atoms with Gasteiger partial charge in [0.25, 0.3) is 0 Å². The van der Waals surface area contributed by atoms with Crippen LogP contribution in [0.15, 0.2) is 82.2 Å². The molecule has 0 aliphatic rings. The molecule has 152 valence electrons. The second kappa shape index (κ2) is 7.71. The summed E-state index contributed by atoms with van der Waals surface area (Å²) in [7, 11) is 1.59. The first-order valence-corrected chi connectivity index (χ1v) is 9.24. The molecule has 1 heterocycles. The van der Waals surface area contributed by atoms with Crippen molar-refractivity contribution in [1.29, 1.82) is 0 Å². The molecule has 6 heteroatoms. The van der Waals surface area contributed by atoms with Gasteiger partial charge in [0.1, 0.15) is 17.1 Å². The number of ether oxygens (including phenoxy) is 1. The van der Waals surface area contributed by atoms with E-state index in [0.29, 0.717) is 22.5 Å². The lowest BCUT2D eigenvalue weighted by Crippen LogP contribution is -2.05. The van der Waals surface area contributed by atoms with Gasteiger partial charge in [0.2, 0.25) is 0 Å². The topological polar surface area (TPSA) is 34.7 Å². The van der Waals surface area contributed by atoms with Crippen LogP contribution in [-0.4, -0.2) is 7.11 Å². The van der Waals surface area contributed by atoms with Crippen LogP contribution in [0.4, 0.5) is 18.9 Å². The molecule has 3 nitrogen and oxygen atoms in total. The molecular weight excluding hydrogens is 391 g/mol. The molecule has 0 N–H and O–H groups in total. The van der Waals surface area contributed by atoms with E-state index in [4.69, 9.17) is 9.15 Å². The predicted octanol–water partition coefficient (Wildman–Crippen LogP) is 6.67. The normalized spacial score (nSPS) is 12.4. The fourth-order valence-corrected chi connectivity index (χ4v) is 3.16. The number of methoxy groups -OCH3 is 1. The van der Waals surface area contributed by atoms with E-state index in [1.165, 1.54) is 6.07 Å². The fourth-order valence-electron chi connectivity index (χ4n) is 3.16. The molecule has 4 rings (SSSR count). The standard InChI is InChI=1S/C24H18F3NO2/c1-15-6-11-22-20(12-15)21(28-18-5-3-4-17(13-18)24(25,26)27)14-23(30-22)16-7-9-19(29-2)10-8-16/h3-14H,1-2H3. The summed E-state index contributed by atoms with van der Waals surface area (Å²) in [5, 5.41) is 1.26. The van der Waals surface area contributed by atoms with Crippen molar-refractivity contribution in [3.8, 4) is 17.1 Å². The van der Waals surface area contributed by atoms with E-state index in [1.54, 1.807) is 19.2 Å². The number of nitrogens with zero attached hydrogens (tertiary/aromatic N) is 1. The average Bonchev–Trinajstić information content (AvgIpc) is 2.73. The number of halogens is 3. The lowest BCUT2D eigenvalue weighted by atomic mass is 10.1. The van der Waals surface area contributed by atoms with E-state index in [1.807, 2.05) is 49.4 Å². The maximum atomic E-state index is 13.1. The van der Waals surface area contributed by atoms with Gasteiger partial charge in [-0.25, -0.2) is 4.99 Å². The first kappa shape index (κ1) is 19.8. The van der Waals surface area contributed by atoms with Gasteiger partial charge in [-0.05, 0) is 61.5 Å². The molecule has 0 amide bonds. The number of rotatable bonds is 3. The molecular formula is C24H18F3NO2. The van der Waals surface area contributed by atoms with Crippen molar-refractivity contribution in [2.45, 2.75) is 13.1 Å². The minimum Gasteiger partial charge on any atom is -0.497 e. The molecule has 4 aromatic rings. The van der Waals surface area contributed by atoms with Crippen LogP contribution in [-0.2, 0) is 6.18 Å². The van der Waals surface area contributed by atoms with Crippen LogP contribution >= 0.6 is 0 Å². The lowest BCUT2D eigenvalue weighted by molar-refractivity contribution is -0.137. The molecule has 0 saturated heterocycles. The van der Waals surface area contributed by atoms with E-state index in [-0.39, 0.29) is 5.69 Å². The minimum atomic E-state index is -4.43. The smallest absolute Gasteiger partial charge is 0.416 e. The lowest BCUT2D eigenvalue weighted by Gasteiger charge is -2.08. The highest BCUT2D eigenvalue weighted by Crippen LogP contribution is 2.31. The highest BCUT2D eigenvalue weighted by molar-refractivity contribution is 5.79. The maximum Gasteiger partial charge on any atom is 0.416 e. The van der Waals surface area contributed by atoms with E-state index in [9.17, 15) is 13.2 Å². The van der Waals surface area contributed by atoms with E-state index in [0.717, 1.165) is 28.6 Å². The monoisotopic (exact) mass is 409 g/mol. The van der Waals surface area contributed by atoms with Crippen molar-refractivity contribution in [3.63, 3.8) is 0 Å². The van der Waals surface area contributed by atoms with Crippen LogP contribution in [0.25, 0.3) is 22.3 Å². The molecule has 0 saturated carbocycles. The molecule has 30 heavy (non-hydrogen) atoms. The molecule has 0 spiro atoms. The van der Waals surface area contributed by atoms with Crippen molar-refractivity contribution in [3.05, 3.63) is 89.3 Å². The van der Waals surface area contributed by atoms with Gasteiger partial charge >= 0.3 is 6.18 Å². The van der Waals surface area contributed by atoms with Crippen molar-refractivity contribution in [2.24, 2.45) is 4.99 Å². The Balaban J connectivity index is 1.93. The molecule has 0 radical (unpaired) electrons. The number of benzene rings is 3. The summed E-state index contributed by atoms with van der Waals surface area (Å²) in [6, 6.07) is 19.7. The maximum absolute atomic E-state index is 13.1. The zero-order valence-corrected chi connectivity index (χ0v) is 16.3. The first-order valence-electron chi connectivity index (χ1n) is 9.24. The van der Waals surface area contributed by atoms with Gasteiger partial charge in [0, 0.05) is 17.0 Å². The fraction of sp³-hybridized carbons (Fsp3) is 0.125. The molecule has 0 fully saturated rings. The van der Waals surface area contributed by atoms with Gasteiger partial charge in [-0.1, -0.05) is 17.7 Å². The Hall–Kier alpha value is -3.54. The Labute approximate surface area is 171 Å². The third-order valence-electron chi connectivity index (χ3n) is 4.70. The number of fused-ring (bicyclic) bond motifs is 1. The highest BCUT2D eigenvalue weighted by atomic mass is 19.4. The summed E-state index contributed by atoms with van der Waals surface area (Å²) < 4.78 is 50.5. The number of hydrogen-bond donors (Lipinski definition) is 0. The van der Waals surface area contributed by atoms with Crippen molar-refractivity contribution in [1.82, 2.24) is 0 Å². The van der Waals surface area contributed by atoms with E-state index < -0.39 is 11.7 Å². The van der Waals surface area contributed by atoms with Crippen LogP contribution in [0, 0.1) is 6.92 Å². The Kier molecular flexibility index (Phi) is 5.08. The molecule has 0 aliphatic heterocycles. The van der Waals surface area contributed by atoms with E-state index in [2.05, 4.69) is 4.99 Å². The van der Waals surface area contributed by atoms with Crippen molar-refractivity contribution < 1.29 is 22.3 Å². The van der Waals surface area contributed by atoms with Gasteiger partial charge < -0.3 is 9.15 Å². The minimum absolute atomic E-state index is 0.222. The SMILES string of the molecule is COc1ccc(-c2cc(=Nc3cccc(C(F)(F)F)c3)c3cc(C)ccc3o2)cc1. The highest BCUT2D eigenvalue weighted by Gasteiger charge is 2.30.